The summed E-state index contributed by atoms with van der Waals surface area (Å²) in [6, 6.07) is 7.37. The molecule has 0 spiro atoms. The maximum Gasteiger partial charge on any atom is 0.244 e. The van der Waals surface area contributed by atoms with E-state index < -0.39 is 0 Å². The van der Waals surface area contributed by atoms with Crippen molar-refractivity contribution in [2.45, 2.75) is 20.3 Å². The molecule has 90 valence electrons. The topological polar surface area (TPSA) is 49.4 Å². The molecule has 17 heavy (non-hydrogen) atoms. The van der Waals surface area contributed by atoms with E-state index in [0.29, 0.717) is 18.0 Å². The fourth-order valence-electron chi connectivity index (χ4n) is 1.92. The first-order valence-corrected chi connectivity index (χ1v) is 5.77. The molecular weight excluding hydrogens is 216 g/mol. The number of fused-ring (bicyclic) bond motifs is 1. The van der Waals surface area contributed by atoms with Crippen molar-refractivity contribution in [2.75, 3.05) is 16.8 Å². The van der Waals surface area contributed by atoms with Crippen molar-refractivity contribution >= 4 is 23.2 Å². The molecule has 1 aromatic rings. The van der Waals surface area contributed by atoms with Gasteiger partial charge >= 0.3 is 0 Å². The standard InChI is InChI=1S/C13H16N2O2/c1-9(2)7-13(17)15-8-12(16)14-10-5-3-4-6-11(10)15/h3-6,9H,7-8H2,1-2H3,(H,14,16). The van der Waals surface area contributed by atoms with E-state index in [1.54, 1.807) is 4.90 Å². The van der Waals surface area contributed by atoms with E-state index in [1.165, 1.54) is 0 Å². The zero-order chi connectivity index (χ0) is 12.4. The molecular formula is C13H16N2O2. The van der Waals surface area contributed by atoms with Gasteiger partial charge in [0.05, 0.1) is 11.4 Å². The van der Waals surface area contributed by atoms with Gasteiger partial charge in [-0.1, -0.05) is 26.0 Å². The van der Waals surface area contributed by atoms with Gasteiger partial charge in [0, 0.05) is 6.42 Å². The lowest BCUT2D eigenvalue weighted by atomic mass is 10.1. The normalized spacial score (nSPS) is 14.5. The number of carbonyl (C=O) groups is 2. The van der Waals surface area contributed by atoms with Crippen LogP contribution in [0, 0.1) is 5.92 Å². The molecule has 4 nitrogen and oxygen atoms in total. The van der Waals surface area contributed by atoms with Crippen LogP contribution < -0.4 is 10.2 Å². The molecule has 0 aliphatic carbocycles. The second kappa shape index (κ2) is 4.57. The Morgan fingerprint density at radius 1 is 1.41 bits per heavy atom. The number of amides is 2. The number of rotatable bonds is 2. The summed E-state index contributed by atoms with van der Waals surface area (Å²) in [4.78, 5) is 25.1. The van der Waals surface area contributed by atoms with Gasteiger partial charge in [-0.15, -0.1) is 0 Å². The number of anilines is 2. The largest absolute Gasteiger partial charge is 0.323 e. The lowest BCUT2D eigenvalue weighted by Gasteiger charge is -2.29. The summed E-state index contributed by atoms with van der Waals surface area (Å²) in [5.74, 6) is 0.155. The van der Waals surface area contributed by atoms with Crippen LogP contribution in [-0.4, -0.2) is 18.4 Å². The molecule has 0 saturated carbocycles. The predicted molar refractivity (Wildman–Crippen MR) is 66.9 cm³/mol. The number of carbonyl (C=O) groups excluding carboxylic acids is 2. The summed E-state index contributed by atoms with van der Waals surface area (Å²) in [5.41, 5.74) is 1.50. The van der Waals surface area contributed by atoms with Gasteiger partial charge in [-0.25, -0.2) is 0 Å². The fourth-order valence-corrected chi connectivity index (χ4v) is 1.92. The second-order valence-corrected chi connectivity index (χ2v) is 4.64. The SMILES string of the molecule is CC(C)CC(=O)N1CC(=O)Nc2ccccc21. The summed E-state index contributed by atoms with van der Waals surface area (Å²) < 4.78 is 0. The molecule has 0 aromatic heterocycles. The highest BCUT2D eigenvalue weighted by molar-refractivity contribution is 6.09. The van der Waals surface area contributed by atoms with Crippen LogP contribution >= 0.6 is 0 Å². The average Bonchev–Trinajstić information content (AvgIpc) is 2.26. The molecule has 1 aliphatic rings. The minimum Gasteiger partial charge on any atom is -0.323 e. The Kier molecular flexibility index (Phi) is 3.13. The minimum atomic E-state index is -0.138. The number of nitrogens with zero attached hydrogens (tertiary/aromatic N) is 1. The molecule has 0 radical (unpaired) electrons. The van der Waals surface area contributed by atoms with Gasteiger partial charge in [0.1, 0.15) is 6.54 Å². The highest BCUT2D eigenvalue weighted by atomic mass is 16.2. The third-order valence-corrected chi connectivity index (χ3v) is 2.65. The van der Waals surface area contributed by atoms with E-state index in [1.807, 2.05) is 38.1 Å². The second-order valence-electron chi connectivity index (χ2n) is 4.64. The van der Waals surface area contributed by atoms with E-state index in [-0.39, 0.29) is 18.4 Å². The Hall–Kier alpha value is -1.84. The lowest BCUT2D eigenvalue weighted by Crippen LogP contribution is -2.42. The molecule has 0 atom stereocenters. The van der Waals surface area contributed by atoms with E-state index in [2.05, 4.69) is 5.32 Å². The van der Waals surface area contributed by atoms with Crippen molar-refractivity contribution in [1.82, 2.24) is 0 Å². The van der Waals surface area contributed by atoms with Crippen molar-refractivity contribution in [1.29, 1.82) is 0 Å². The molecule has 2 rings (SSSR count). The molecule has 4 heteroatoms. The van der Waals surface area contributed by atoms with Crippen LogP contribution in [0.25, 0.3) is 0 Å². The Morgan fingerprint density at radius 3 is 2.82 bits per heavy atom. The molecule has 1 aliphatic heterocycles. The lowest BCUT2D eigenvalue weighted by molar-refractivity contribution is -0.122. The smallest absolute Gasteiger partial charge is 0.244 e. The van der Waals surface area contributed by atoms with Gasteiger partial charge in [0.25, 0.3) is 0 Å². The van der Waals surface area contributed by atoms with E-state index in [0.717, 1.165) is 5.69 Å². The van der Waals surface area contributed by atoms with E-state index in [4.69, 9.17) is 0 Å². The van der Waals surface area contributed by atoms with Gasteiger partial charge < -0.3 is 10.2 Å². The van der Waals surface area contributed by atoms with Crippen LogP contribution in [0.2, 0.25) is 0 Å². The van der Waals surface area contributed by atoms with Crippen molar-refractivity contribution in [3.05, 3.63) is 24.3 Å². The summed E-state index contributed by atoms with van der Waals surface area (Å²) >= 11 is 0. The number of hydrogen-bond donors (Lipinski definition) is 1. The number of benzene rings is 1. The molecule has 0 fully saturated rings. The van der Waals surface area contributed by atoms with Gasteiger partial charge in [-0.2, -0.15) is 0 Å². The van der Waals surface area contributed by atoms with Gasteiger partial charge in [0.15, 0.2) is 0 Å². The van der Waals surface area contributed by atoms with Crippen LogP contribution in [0.1, 0.15) is 20.3 Å². The molecule has 2 amide bonds. The summed E-state index contributed by atoms with van der Waals surface area (Å²) in [7, 11) is 0. The fraction of sp³-hybridized carbons (Fsp3) is 0.385. The van der Waals surface area contributed by atoms with Gasteiger partial charge in [-0.05, 0) is 18.1 Å². The summed E-state index contributed by atoms with van der Waals surface area (Å²) in [5, 5.41) is 2.77. The van der Waals surface area contributed by atoms with Crippen LogP contribution in [0.5, 0.6) is 0 Å². The number of hydrogen-bond acceptors (Lipinski definition) is 2. The Labute approximate surface area is 101 Å². The number of para-hydroxylation sites is 2. The van der Waals surface area contributed by atoms with Gasteiger partial charge in [0.2, 0.25) is 11.8 Å². The molecule has 0 bridgehead atoms. The Morgan fingerprint density at radius 2 is 2.12 bits per heavy atom. The van der Waals surface area contributed by atoms with Crippen LogP contribution in [0.15, 0.2) is 24.3 Å². The molecule has 0 unspecified atom stereocenters. The van der Waals surface area contributed by atoms with Crippen molar-refractivity contribution in [2.24, 2.45) is 5.92 Å². The van der Waals surface area contributed by atoms with Crippen molar-refractivity contribution in [3.8, 4) is 0 Å². The minimum absolute atomic E-state index is 0.00213. The van der Waals surface area contributed by atoms with Crippen LogP contribution in [-0.2, 0) is 9.59 Å². The zero-order valence-corrected chi connectivity index (χ0v) is 10.1. The maximum absolute atomic E-state index is 12.1. The van der Waals surface area contributed by atoms with Gasteiger partial charge in [-0.3, -0.25) is 9.59 Å². The van der Waals surface area contributed by atoms with Crippen LogP contribution in [0.3, 0.4) is 0 Å². The molecule has 1 heterocycles. The first-order valence-electron chi connectivity index (χ1n) is 5.77. The average molecular weight is 232 g/mol. The zero-order valence-electron chi connectivity index (χ0n) is 10.1. The summed E-state index contributed by atoms with van der Waals surface area (Å²) in [6.45, 7) is 4.10. The monoisotopic (exact) mass is 232 g/mol. The molecule has 0 saturated heterocycles. The van der Waals surface area contributed by atoms with E-state index >= 15 is 0 Å². The first-order chi connectivity index (χ1) is 8.08. The highest BCUT2D eigenvalue weighted by Crippen LogP contribution is 2.29. The predicted octanol–water partition coefficient (Wildman–Crippen LogP) is 2.02. The van der Waals surface area contributed by atoms with Crippen LogP contribution in [0.4, 0.5) is 11.4 Å². The summed E-state index contributed by atoms with van der Waals surface area (Å²) in [6.07, 6.45) is 0.460. The number of nitrogens with one attached hydrogen (secondary N) is 1. The van der Waals surface area contributed by atoms with E-state index in [9.17, 15) is 9.59 Å². The third-order valence-electron chi connectivity index (χ3n) is 2.65. The third kappa shape index (κ3) is 2.46. The molecule has 1 N–H and O–H groups in total. The highest BCUT2D eigenvalue weighted by Gasteiger charge is 2.26. The Bertz CT molecular complexity index is 454. The first kappa shape index (κ1) is 11.6. The maximum atomic E-state index is 12.1. The van der Waals surface area contributed by atoms with Crippen molar-refractivity contribution in [3.63, 3.8) is 0 Å². The Balaban J connectivity index is 2.29. The quantitative estimate of drug-likeness (QED) is 0.848. The molecule has 1 aromatic carbocycles. The van der Waals surface area contributed by atoms with Crippen molar-refractivity contribution < 1.29 is 9.59 Å².